The van der Waals surface area contributed by atoms with Gasteiger partial charge in [-0.1, -0.05) is 23.2 Å². The summed E-state index contributed by atoms with van der Waals surface area (Å²) in [5, 5.41) is 1.39. The van der Waals surface area contributed by atoms with E-state index < -0.39 is 0 Å². The zero-order valence-corrected chi connectivity index (χ0v) is 18.2. The first-order valence-electron chi connectivity index (χ1n) is 10.1. The molecule has 0 aliphatic carbocycles. The maximum Gasteiger partial charge on any atom is 0.227 e. The van der Waals surface area contributed by atoms with Crippen LogP contribution >= 0.6 is 23.2 Å². The number of rotatable bonds is 5. The highest BCUT2D eigenvalue weighted by molar-refractivity contribution is 6.34. The van der Waals surface area contributed by atoms with Crippen LogP contribution in [0, 0.1) is 0 Å². The smallest absolute Gasteiger partial charge is 0.227 e. The number of nitrogens with zero attached hydrogens (tertiary/aromatic N) is 5. The number of halogens is 2. The molecule has 0 atom stereocenters. The van der Waals surface area contributed by atoms with Crippen LogP contribution in [0.15, 0.2) is 30.5 Å². The van der Waals surface area contributed by atoms with Crippen molar-refractivity contribution in [2.24, 2.45) is 0 Å². The number of ether oxygens (including phenoxy) is 1. The van der Waals surface area contributed by atoms with E-state index in [9.17, 15) is 0 Å². The third kappa shape index (κ3) is 5.31. The zero-order valence-electron chi connectivity index (χ0n) is 16.7. The van der Waals surface area contributed by atoms with Gasteiger partial charge in [-0.2, -0.15) is 4.98 Å². The molecular formula is C21H27Cl2N5O. The van der Waals surface area contributed by atoms with Gasteiger partial charge in [0.2, 0.25) is 5.95 Å². The average Bonchev–Trinajstić information content (AvgIpc) is 2.74. The topological polar surface area (TPSA) is 44.7 Å². The molecule has 0 unspecified atom stereocenters. The van der Waals surface area contributed by atoms with Crippen molar-refractivity contribution in [1.29, 1.82) is 0 Å². The molecule has 0 N–H and O–H groups in total. The molecule has 0 bridgehead atoms. The molecule has 2 saturated heterocycles. The molecule has 0 radical (unpaired) electrons. The summed E-state index contributed by atoms with van der Waals surface area (Å²) in [5.41, 5.74) is 1.17. The fourth-order valence-corrected chi connectivity index (χ4v) is 4.63. The third-order valence-corrected chi connectivity index (χ3v) is 6.15. The van der Waals surface area contributed by atoms with Gasteiger partial charge in [0, 0.05) is 62.1 Å². The van der Waals surface area contributed by atoms with E-state index in [0.29, 0.717) is 16.1 Å². The van der Waals surface area contributed by atoms with Gasteiger partial charge in [0.15, 0.2) is 0 Å². The summed E-state index contributed by atoms with van der Waals surface area (Å²) in [6.45, 7) is 6.13. The quantitative estimate of drug-likeness (QED) is 0.712. The summed E-state index contributed by atoms with van der Waals surface area (Å²) in [5.74, 6) is 1.79. The van der Waals surface area contributed by atoms with Gasteiger partial charge in [0.1, 0.15) is 5.82 Å². The van der Waals surface area contributed by atoms with Gasteiger partial charge < -0.3 is 14.5 Å². The molecule has 3 heterocycles. The fourth-order valence-electron chi connectivity index (χ4n) is 4.06. The van der Waals surface area contributed by atoms with Crippen LogP contribution in [-0.4, -0.2) is 67.4 Å². The van der Waals surface area contributed by atoms with Crippen molar-refractivity contribution >= 4 is 35.0 Å². The monoisotopic (exact) mass is 435 g/mol. The van der Waals surface area contributed by atoms with Gasteiger partial charge >= 0.3 is 0 Å². The Labute approximate surface area is 182 Å². The van der Waals surface area contributed by atoms with Crippen LogP contribution in [0.25, 0.3) is 0 Å². The zero-order chi connectivity index (χ0) is 20.2. The molecule has 6 nitrogen and oxygen atoms in total. The first-order valence-corrected chi connectivity index (χ1v) is 10.9. The second kappa shape index (κ2) is 9.47. The highest BCUT2D eigenvalue weighted by atomic mass is 35.5. The molecular weight excluding hydrogens is 409 g/mol. The normalized spacial score (nSPS) is 18.8. The summed E-state index contributed by atoms with van der Waals surface area (Å²) in [4.78, 5) is 16.2. The van der Waals surface area contributed by atoms with Crippen molar-refractivity contribution < 1.29 is 4.74 Å². The summed E-state index contributed by atoms with van der Waals surface area (Å²) < 4.78 is 5.43. The van der Waals surface area contributed by atoms with Crippen molar-refractivity contribution in [2.45, 2.75) is 25.4 Å². The van der Waals surface area contributed by atoms with E-state index in [4.69, 9.17) is 32.9 Å². The van der Waals surface area contributed by atoms with E-state index in [1.54, 1.807) is 6.07 Å². The Kier molecular flexibility index (Phi) is 6.75. The molecule has 2 aromatic rings. The molecule has 0 amide bonds. The summed E-state index contributed by atoms with van der Waals surface area (Å²) in [6.07, 6.45) is 4.06. The molecule has 2 fully saturated rings. The number of benzene rings is 1. The van der Waals surface area contributed by atoms with Gasteiger partial charge in [-0.25, -0.2) is 4.98 Å². The first-order chi connectivity index (χ1) is 14.1. The van der Waals surface area contributed by atoms with Gasteiger partial charge in [0.05, 0.1) is 13.2 Å². The minimum Gasteiger partial charge on any atom is -0.378 e. The largest absolute Gasteiger partial charge is 0.378 e. The van der Waals surface area contributed by atoms with Crippen LogP contribution in [0.4, 0.5) is 11.8 Å². The molecule has 8 heteroatoms. The minimum absolute atomic E-state index is 0.474. The molecule has 156 valence electrons. The molecule has 1 aromatic heterocycles. The van der Waals surface area contributed by atoms with E-state index in [-0.39, 0.29) is 0 Å². The lowest BCUT2D eigenvalue weighted by Crippen LogP contribution is -2.43. The van der Waals surface area contributed by atoms with Gasteiger partial charge in [-0.05, 0) is 42.7 Å². The minimum atomic E-state index is 0.474. The Hall–Kier alpha value is -1.60. The van der Waals surface area contributed by atoms with E-state index in [0.717, 1.165) is 70.5 Å². The van der Waals surface area contributed by atoms with Crippen LogP contribution < -0.4 is 9.80 Å². The van der Waals surface area contributed by atoms with E-state index in [1.165, 1.54) is 5.56 Å². The Morgan fingerprint density at radius 3 is 2.45 bits per heavy atom. The lowest BCUT2D eigenvalue weighted by Gasteiger charge is -2.37. The van der Waals surface area contributed by atoms with Crippen LogP contribution in [0.5, 0.6) is 0 Å². The SMILES string of the molecule is CN(c1ccnc(N2CCOCC2)n1)C1CCN(Cc2cc(Cl)cc(Cl)c2)CC1. The fraction of sp³-hybridized carbons (Fsp3) is 0.524. The van der Waals surface area contributed by atoms with Crippen LogP contribution in [0.2, 0.25) is 10.0 Å². The van der Waals surface area contributed by atoms with Crippen molar-refractivity contribution in [2.75, 3.05) is 56.2 Å². The summed E-state index contributed by atoms with van der Waals surface area (Å²) >= 11 is 12.3. The van der Waals surface area contributed by atoms with Crippen molar-refractivity contribution in [3.63, 3.8) is 0 Å². The van der Waals surface area contributed by atoms with E-state index >= 15 is 0 Å². The van der Waals surface area contributed by atoms with E-state index in [1.807, 2.05) is 24.4 Å². The number of hydrogen-bond acceptors (Lipinski definition) is 6. The Morgan fingerprint density at radius 1 is 1.07 bits per heavy atom. The highest BCUT2D eigenvalue weighted by Crippen LogP contribution is 2.25. The Bertz CT molecular complexity index is 802. The average molecular weight is 436 g/mol. The summed E-state index contributed by atoms with van der Waals surface area (Å²) in [6, 6.07) is 8.26. The number of morpholine rings is 1. The molecule has 1 aromatic carbocycles. The standard InChI is InChI=1S/C21H27Cl2N5O/c1-26(20-2-5-24-21(25-20)28-8-10-29-11-9-28)19-3-6-27(7-4-19)15-16-12-17(22)14-18(23)13-16/h2,5,12-14,19H,3-4,6-11,15H2,1H3. The maximum absolute atomic E-state index is 6.14. The molecule has 0 spiro atoms. The molecule has 29 heavy (non-hydrogen) atoms. The van der Waals surface area contributed by atoms with Crippen LogP contribution in [0.3, 0.4) is 0 Å². The van der Waals surface area contributed by atoms with Gasteiger partial charge in [-0.3, -0.25) is 4.90 Å². The Morgan fingerprint density at radius 2 is 1.76 bits per heavy atom. The lowest BCUT2D eigenvalue weighted by atomic mass is 10.0. The number of anilines is 2. The Balaban J connectivity index is 1.34. The number of aromatic nitrogens is 2. The number of likely N-dealkylation sites (tertiary alicyclic amines) is 1. The molecule has 0 saturated carbocycles. The predicted octanol–water partition coefficient (Wildman–Crippen LogP) is 3.72. The lowest BCUT2D eigenvalue weighted by molar-refractivity contribution is 0.122. The van der Waals surface area contributed by atoms with Crippen LogP contribution in [-0.2, 0) is 11.3 Å². The van der Waals surface area contributed by atoms with Crippen LogP contribution in [0.1, 0.15) is 18.4 Å². The van der Waals surface area contributed by atoms with Crippen molar-refractivity contribution in [3.8, 4) is 0 Å². The highest BCUT2D eigenvalue weighted by Gasteiger charge is 2.24. The third-order valence-electron chi connectivity index (χ3n) is 5.72. The second-order valence-corrected chi connectivity index (χ2v) is 8.58. The first kappa shape index (κ1) is 20.7. The predicted molar refractivity (Wildman–Crippen MR) is 118 cm³/mol. The maximum atomic E-state index is 6.14. The second-order valence-electron chi connectivity index (χ2n) is 7.71. The molecule has 2 aliphatic heterocycles. The molecule has 4 rings (SSSR count). The summed E-state index contributed by atoms with van der Waals surface area (Å²) in [7, 11) is 2.14. The van der Waals surface area contributed by atoms with E-state index in [2.05, 4.69) is 26.7 Å². The number of piperidine rings is 1. The molecule has 2 aliphatic rings. The number of hydrogen-bond donors (Lipinski definition) is 0. The van der Waals surface area contributed by atoms with Gasteiger partial charge in [-0.15, -0.1) is 0 Å². The van der Waals surface area contributed by atoms with Gasteiger partial charge in [0.25, 0.3) is 0 Å². The van der Waals surface area contributed by atoms with Crippen molar-refractivity contribution in [3.05, 3.63) is 46.1 Å². The van der Waals surface area contributed by atoms with Crippen molar-refractivity contribution in [1.82, 2.24) is 14.9 Å².